The van der Waals surface area contributed by atoms with Crippen LogP contribution in [0.15, 0.2) is 42.6 Å². The van der Waals surface area contributed by atoms with E-state index in [1.54, 1.807) is 24.3 Å². The molecule has 2 amide bonds. The van der Waals surface area contributed by atoms with Gasteiger partial charge in [-0.3, -0.25) is 14.6 Å². The Labute approximate surface area is 188 Å². The summed E-state index contributed by atoms with van der Waals surface area (Å²) >= 11 is 0. The van der Waals surface area contributed by atoms with E-state index in [0.717, 1.165) is 45.2 Å². The molecule has 4 rings (SSSR count). The van der Waals surface area contributed by atoms with Crippen LogP contribution in [0.4, 0.5) is 4.39 Å². The van der Waals surface area contributed by atoms with Gasteiger partial charge in [0.1, 0.15) is 5.82 Å². The predicted octanol–water partition coefficient (Wildman–Crippen LogP) is 3.39. The van der Waals surface area contributed by atoms with Crippen molar-refractivity contribution in [1.29, 1.82) is 0 Å². The monoisotopic (exact) mass is 438 g/mol. The normalized spacial score (nSPS) is 21.7. The number of aromatic nitrogens is 1. The summed E-state index contributed by atoms with van der Waals surface area (Å²) in [5, 5.41) is 6.43. The molecule has 0 spiro atoms. The van der Waals surface area contributed by atoms with Gasteiger partial charge in [-0.25, -0.2) is 4.39 Å². The summed E-state index contributed by atoms with van der Waals surface area (Å²) in [6.07, 6.45) is 6.87. The van der Waals surface area contributed by atoms with Crippen LogP contribution in [0.5, 0.6) is 0 Å². The molecule has 2 aromatic rings. The van der Waals surface area contributed by atoms with Gasteiger partial charge in [0.2, 0.25) is 5.91 Å². The van der Waals surface area contributed by atoms with Gasteiger partial charge in [-0.2, -0.15) is 0 Å². The maximum absolute atomic E-state index is 13.4. The van der Waals surface area contributed by atoms with E-state index < -0.39 is 0 Å². The van der Waals surface area contributed by atoms with Gasteiger partial charge in [-0.15, -0.1) is 0 Å². The third kappa shape index (κ3) is 5.33. The van der Waals surface area contributed by atoms with E-state index in [4.69, 9.17) is 0 Å². The zero-order valence-electron chi connectivity index (χ0n) is 18.5. The molecule has 2 aliphatic rings. The molecule has 1 aromatic carbocycles. The van der Waals surface area contributed by atoms with Crippen molar-refractivity contribution in [3.05, 3.63) is 54.0 Å². The van der Waals surface area contributed by atoms with E-state index in [2.05, 4.69) is 15.6 Å². The second-order valence-electron chi connectivity index (χ2n) is 8.91. The van der Waals surface area contributed by atoms with Crippen LogP contribution in [0, 0.1) is 11.7 Å². The lowest BCUT2D eigenvalue weighted by Crippen LogP contribution is -2.48. The Balaban J connectivity index is 1.34. The van der Waals surface area contributed by atoms with E-state index >= 15 is 0 Å². The molecule has 1 aliphatic heterocycles. The van der Waals surface area contributed by atoms with Crippen LogP contribution in [-0.4, -0.2) is 53.9 Å². The molecule has 32 heavy (non-hydrogen) atoms. The van der Waals surface area contributed by atoms with Gasteiger partial charge in [0.25, 0.3) is 5.91 Å². The average Bonchev–Trinajstić information content (AvgIpc) is 2.84. The maximum Gasteiger partial charge on any atom is 0.253 e. The first-order chi connectivity index (χ1) is 15.5. The largest absolute Gasteiger partial charge is 0.349 e. The number of amides is 2. The molecule has 2 fully saturated rings. The Bertz CT molecular complexity index is 943. The van der Waals surface area contributed by atoms with Crippen LogP contribution >= 0.6 is 0 Å². The van der Waals surface area contributed by atoms with Gasteiger partial charge in [-0.1, -0.05) is 18.6 Å². The molecule has 2 N–H and O–H groups in total. The number of hydrogen-bond donors (Lipinski definition) is 2. The number of carbonyl (C=O) groups excluding carboxylic acids is 2. The number of nitrogens with one attached hydrogen (secondary N) is 2. The summed E-state index contributed by atoms with van der Waals surface area (Å²) < 4.78 is 13.4. The van der Waals surface area contributed by atoms with Gasteiger partial charge < -0.3 is 15.5 Å². The maximum atomic E-state index is 13.4. The van der Waals surface area contributed by atoms with Crippen molar-refractivity contribution in [1.82, 2.24) is 20.5 Å². The zero-order valence-corrected chi connectivity index (χ0v) is 18.5. The lowest BCUT2D eigenvalue weighted by molar-refractivity contribution is -0.138. The standard InChI is InChI=1S/C25H31FN4O2/c1-30(22-10-12-27-13-11-22)25(32)18-5-3-7-21(15-18)29-24(31)19-8-9-23(28-16-19)17-4-2-6-20(26)14-17/h2,4,6,8-9,14,16,18,21-22,27H,3,5,7,10-13,15H2,1H3,(H,29,31)/t18-,21+/m0/s1. The molecule has 0 bridgehead atoms. The first-order valence-corrected chi connectivity index (χ1v) is 11.5. The van der Waals surface area contributed by atoms with Gasteiger partial charge in [0.05, 0.1) is 11.3 Å². The van der Waals surface area contributed by atoms with Gasteiger partial charge in [-0.05, 0) is 69.5 Å². The lowest BCUT2D eigenvalue weighted by atomic mass is 9.84. The summed E-state index contributed by atoms with van der Waals surface area (Å²) in [6, 6.07) is 9.95. The van der Waals surface area contributed by atoms with Gasteiger partial charge in [0, 0.05) is 36.8 Å². The van der Waals surface area contributed by atoms with Crippen LogP contribution < -0.4 is 10.6 Å². The molecule has 2 atom stereocenters. The fourth-order valence-electron chi connectivity index (χ4n) is 4.82. The molecule has 1 saturated heterocycles. The SMILES string of the molecule is CN(C(=O)[C@H]1CCC[C@@H](NC(=O)c2ccc(-c3cccc(F)c3)nc2)C1)C1CCNCC1. The van der Waals surface area contributed by atoms with E-state index in [-0.39, 0.29) is 29.6 Å². The number of pyridine rings is 1. The Hall–Kier alpha value is -2.80. The Morgan fingerprint density at radius 3 is 2.66 bits per heavy atom. The van der Waals surface area contributed by atoms with Crippen molar-refractivity contribution in [3.63, 3.8) is 0 Å². The zero-order chi connectivity index (χ0) is 22.5. The van der Waals surface area contributed by atoms with E-state index in [1.807, 2.05) is 11.9 Å². The smallest absolute Gasteiger partial charge is 0.253 e. The third-order valence-corrected chi connectivity index (χ3v) is 6.71. The topological polar surface area (TPSA) is 74.3 Å². The molecule has 0 radical (unpaired) electrons. The quantitative estimate of drug-likeness (QED) is 0.751. The van der Waals surface area contributed by atoms with Crippen LogP contribution in [0.25, 0.3) is 11.3 Å². The highest BCUT2D eigenvalue weighted by Gasteiger charge is 2.32. The van der Waals surface area contributed by atoms with E-state index in [9.17, 15) is 14.0 Å². The first kappa shape index (κ1) is 22.4. The Morgan fingerprint density at radius 2 is 1.94 bits per heavy atom. The minimum atomic E-state index is -0.321. The molecule has 1 saturated carbocycles. The van der Waals surface area contributed by atoms with Crippen LogP contribution in [0.2, 0.25) is 0 Å². The number of carbonyl (C=O) groups is 2. The number of rotatable bonds is 5. The predicted molar refractivity (Wildman–Crippen MR) is 122 cm³/mol. The lowest BCUT2D eigenvalue weighted by Gasteiger charge is -2.36. The highest BCUT2D eigenvalue weighted by atomic mass is 19.1. The first-order valence-electron chi connectivity index (χ1n) is 11.5. The van der Waals surface area contributed by atoms with Crippen molar-refractivity contribution in [2.75, 3.05) is 20.1 Å². The van der Waals surface area contributed by atoms with Crippen molar-refractivity contribution in [2.24, 2.45) is 5.92 Å². The second kappa shape index (κ2) is 10.2. The molecule has 2 heterocycles. The molecule has 6 nitrogen and oxygen atoms in total. The number of nitrogens with zero attached hydrogens (tertiary/aromatic N) is 2. The number of halogens is 1. The van der Waals surface area contributed by atoms with Crippen molar-refractivity contribution < 1.29 is 14.0 Å². The molecule has 0 unspecified atom stereocenters. The molecule has 7 heteroatoms. The fourth-order valence-corrected chi connectivity index (χ4v) is 4.82. The Kier molecular flexibility index (Phi) is 7.15. The van der Waals surface area contributed by atoms with Crippen molar-refractivity contribution >= 4 is 11.8 Å². The summed E-state index contributed by atoms with van der Waals surface area (Å²) in [5.74, 6) is -0.342. The average molecular weight is 439 g/mol. The number of benzene rings is 1. The van der Waals surface area contributed by atoms with Crippen molar-refractivity contribution in [3.8, 4) is 11.3 Å². The minimum absolute atomic E-state index is 0.0190. The Morgan fingerprint density at radius 1 is 1.12 bits per heavy atom. The van der Waals surface area contributed by atoms with Gasteiger partial charge >= 0.3 is 0 Å². The van der Waals surface area contributed by atoms with Gasteiger partial charge in [0.15, 0.2) is 0 Å². The van der Waals surface area contributed by atoms with E-state index in [0.29, 0.717) is 29.3 Å². The van der Waals surface area contributed by atoms with E-state index in [1.165, 1.54) is 18.3 Å². The molecule has 170 valence electrons. The highest BCUT2D eigenvalue weighted by molar-refractivity contribution is 5.94. The molecule has 1 aromatic heterocycles. The van der Waals surface area contributed by atoms with Crippen LogP contribution in [0.3, 0.4) is 0 Å². The summed E-state index contributed by atoms with van der Waals surface area (Å²) in [7, 11) is 1.92. The minimum Gasteiger partial charge on any atom is -0.349 e. The van der Waals surface area contributed by atoms with Crippen molar-refractivity contribution in [2.45, 2.75) is 50.6 Å². The van der Waals surface area contributed by atoms with Crippen LogP contribution in [-0.2, 0) is 4.79 Å². The highest BCUT2D eigenvalue weighted by Crippen LogP contribution is 2.27. The second-order valence-corrected chi connectivity index (χ2v) is 8.91. The third-order valence-electron chi connectivity index (χ3n) is 6.71. The summed E-state index contributed by atoms with van der Waals surface area (Å²) in [4.78, 5) is 32.1. The summed E-state index contributed by atoms with van der Waals surface area (Å²) in [6.45, 7) is 1.91. The fraction of sp³-hybridized carbons (Fsp3) is 0.480. The molecular formula is C25H31FN4O2. The molecule has 1 aliphatic carbocycles. The van der Waals surface area contributed by atoms with Crippen LogP contribution in [0.1, 0.15) is 48.9 Å². The number of hydrogen-bond acceptors (Lipinski definition) is 4. The molecular weight excluding hydrogens is 407 g/mol. The summed E-state index contributed by atoms with van der Waals surface area (Å²) in [5.41, 5.74) is 1.75. The number of piperidine rings is 1.